The van der Waals surface area contributed by atoms with Crippen molar-refractivity contribution in [3.05, 3.63) is 69.3 Å². The quantitative estimate of drug-likeness (QED) is 0.402. The maximum atomic E-state index is 3.38. The van der Waals surface area contributed by atoms with Gasteiger partial charge in [0.1, 0.15) is 0 Å². The Morgan fingerprint density at radius 3 is 1.81 bits per heavy atom. The van der Waals surface area contributed by atoms with Crippen LogP contribution in [0, 0.1) is 45.6 Å². The van der Waals surface area contributed by atoms with E-state index in [4.69, 9.17) is 0 Å². The molecule has 0 amide bonds. The summed E-state index contributed by atoms with van der Waals surface area (Å²) in [6.07, 6.45) is 7.98. The molecule has 0 nitrogen and oxygen atoms in total. The molecule has 140 valence electrons. The van der Waals surface area contributed by atoms with Crippen LogP contribution in [0.5, 0.6) is 0 Å². The summed E-state index contributed by atoms with van der Waals surface area (Å²) >= 11 is 0. The average Bonchev–Trinajstić information content (AvgIpc) is 2.52. The second kappa shape index (κ2) is 11.7. The van der Waals surface area contributed by atoms with Gasteiger partial charge in [-0.15, -0.1) is 0 Å². The van der Waals surface area contributed by atoms with E-state index in [1.165, 1.54) is 65.5 Å². The maximum absolute atomic E-state index is 3.38. The third kappa shape index (κ3) is 7.44. The van der Waals surface area contributed by atoms with Crippen LogP contribution < -0.4 is 0 Å². The third-order valence-corrected chi connectivity index (χ3v) is 5.99. The van der Waals surface area contributed by atoms with Crippen LogP contribution in [0.3, 0.4) is 0 Å². The first kappa shape index (κ1) is 25.7. The van der Waals surface area contributed by atoms with E-state index in [1.807, 2.05) is 0 Å². The van der Waals surface area contributed by atoms with Gasteiger partial charge in [-0.2, -0.15) is 34.9 Å². The summed E-state index contributed by atoms with van der Waals surface area (Å²) in [4.78, 5) is 0. The molecule has 0 unspecified atom stereocenters. The molecule has 1 aliphatic rings. The van der Waals surface area contributed by atoms with Crippen LogP contribution in [-0.2, 0) is 78.3 Å². The Kier molecular flexibility index (Phi) is 11.2. The largest absolute Gasteiger partial charge is 0.177 e. The minimum Gasteiger partial charge on any atom is -0.177 e. The molecule has 2 aromatic carbocycles. The van der Waals surface area contributed by atoms with Crippen molar-refractivity contribution >= 4 is 0 Å². The molecular weight excluding hydrogens is 478 g/mol. The van der Waals surface area contributed by atoms with Gasteiger partial charge in [0.25, 0.3) is 0 Å². The van der Waals surface area contributed by atoms with Crippen LogP contribution in [0.4, 0.5) is 0 Å². The minimum atomic E-state index is 0. The van der Waals surface area contributed by atoms with Gasteiger partial charge in [0.15, 0.2) is 0 Å². The van der Waals surface area contributed by atoms with E-state index >= 15 is 0 Å². The van der Waals surface area contributed by atoms with E-state index in [2.05, 4.69) is 65.0 Å². The van der Waals surface area contributed by atoms with Gasteiger partial charge in [0.05, 0.1) is 0 Å². The first-order chi connectivity index (χ1) is 11.9. The summed E-state index contributed by atoms with van der Waals surface area (Å²) in [5.74, 6) is 1.84. The molecule has 0 saturated heterocycles. The number of benzene rings is 2. The number of hydrogen-bond acceptors (Lipinski definition) is 0. The van der Waals surface area contributed by atoms with Crippen molar-refractivity contribution in [2.24, 2.45) is 11.8 Å². The van der Waals surface area contributed by atoms with E-state index in [1.54, 1.807) is 5.56 Å². The van der Waals surface area contributed by atoms with Crippen LogP contribution in [0.25, 0.3) is 0 Å². The summed E-state index contributed by atoms with van der Waals surface area (Å²) in [7, 11) is 0. The second-order valence-electron chi connectivity index (χ2n) is 8.57. The number of aryl methyl sites for hydroxylation is 4. The fourth-order valence-electron chi connectivity index (χ4n) is 4.63. The predicted molar refractivity (Wildman–Crippen MR) is 108 cm³/mol. The van der Waals surface area contributed by atoms with E-state index in [0.717, 1.165) is 18.3 Å². The fraction of sp³-hybridized carbons (Fsp3) is 0.520. The van der Waals surface area contributed by atoms with E-state index in [-0.39, 0.29) is 65.4 Å². The van der Waals surface area contributed by atoms with Crippen LogP contribution >= 0.6 is 0 Å². The first-order valence-corrected chi connectivity index (χ1v) is 9.99. The Morgan fingerprint density at radius 2 is 1.30 bits per heavy atom. The molecule has 0 aliphatic heterocycles. The van der Waals surface area contributed by atoms with Gasteiger partial charge in [0, 0.05) is 65.4 Å². The normalized spacial score (nSPS) is 19.1. The SMILES string of the molecule is Cc1[c-]c(C)cc(Cc2c(C)cc(CC3CCC(C)CC3)cc2C)c1.[Y].[Y]. The monoisotopic (exact) mass is 511 g/mol. The Balaban J connectivity index is 0.00000182. The predicted octanol–water partition coefficient (Wildman–Crippen LogP) is 6.68. The molecule has 2 aromatic rings. The van der Waals surface area contributed by atoms with Gasteiger partial charge in [-0.05, 0) is 73.6 Å². The molecule has 27 heavy (non-hydrogen) atoms. The van der Waals surface area contributed by atoms with E-state index in [9.17, 15) is 0 Å². The second-order valence-corrected chi connectivity index (χ2v) is 8.57. The molecule has 1 fully saturated rings. The molecule has 2 heteroatoms. The molecule has 1 saturated carbocycles. The molecule has 0 spiro atoms. The van der Waals surface area contributed by atoms with Crippen molar-refractivity contribution in [1.82, 2.24) is 0 Å². The summed E-state index contributed by atoms with van der Waals surface area (Å²) in [6.45, 7) is 11.3. The zero-order chi connectivity index (χ0) is 18.0. The molecule has 3 rings (SSSR count). The smallest absolute Gasteiger partial charge is 0 e. The number of rotatable bonds is 4. The van der Waals surface area contributed by atoms with Gasteiger partial charge in [-0.25, -0.2) is 0 Å². The molecule has 0 heterocycles. The van der Waals surface area contributed by atoms with Crippen LogP contribution in [-0.4, -0.2) is 0 Å². The Hall–Kier alpha value is 0.648. The van der Waals surface area contributed by atoms with Gasteiger partial charge in [0.2, 0.25) is 0 Å². The van der Waals surface area contributed by atoms with Gasteiger partial charge >= 0.3 is 0 Å². The standard InChI is InChI=1S/C25H33.2Y/c1-17-6-8-22(9-7-17)15-24-13-20(4)25(21(5)14-24)16-23-11-18(2)10-19(3)12-23;;/h11-14,17,22H,6-9,15-16H2,1-5H3;;/q-1;;. The Bertz CT molecular complexity index is 697. The summed E-state index contributed by atoms with van der Waals surface area (Å²) in [6, 6.07) is 12.9. The summed E-state index contributed by atoms with van der Waals surface area (Å²) < 4.78 is 0. The van der Waals surface area contributed by atoms with Crippen molar-refractivity contribution < 1.29 is 65.4 Å². The van der Waals surface area contributed by atoms with Crippen molar-refractivity contribution in [2.45, 2.75) is 73.1 Å². The molecule has 0 N–H and O–H groups in total. The number of hydrogen-bond donors (Lipinski definition) is 0. The zero-order valence-corrected chi connectivity index (χ0v) is 23.5. The zero-order valence-electron chi connectivity index (χ0n) is 17.9. The topological polar surface area (TPSA) is 0 Å². The average molecular weight is 511 g/mol. The van der Waals surface area contributed by atoms with E-state index in [0.29, 0.717) is 0 Å². The van der Waals surface area contributed by atoms with Crippen molar-refractivity contribution in [2.75, 3.05) is 0 Å². The molecular formula is C25H33Y2-. The van der Waals surface area contributed by atoms with Gasteiger partial charge in [-0.1, -0.05) is 45.7 Å². The molecule has 0 aromatic heterocycles. The van der Waals surface area contributed by atoms with Crippen LogP contribution in [0.1, 0.15) is 71.6 Å². The first-order valence-electron chi connectivity index (χ1n) is 9.99. The van der Waals surface area contributed by atoms with Gasteiger partial charge in [-0.3, -0.25) is 0 Å². The van der Waals surface area contributed by atoms with Gasteiger partial charge < -0.3 is 0 Å². The van der Waals surface area contributed by atoms with E-state index < -0.39 is 0 Å². The maximum Gasteiger partial charge on any atom is 0 e. The summed E-state index contributed by atoms with van der Waals surface area (Å²) in [5.41, 5.74) is 9.87. The minimum absolute atomic E-state index is 0. The summed E-state index contributed by atoms with van der Waals surface area (Å²) in [5, 5.41) is 0. The van der Waals surface area contributed by atoms with Crippen LogP contribution in [0.2, 0.25) is 0 Å². The Labute approximate surface area is 217 Å². The molecule has 1 aliphatic carbocycles. The van der Waals surface area contributed by atoms with Crippen LogP contribution in [0.15, 0.2) is 24.3 Å². The molecule has 0 bridgehead atoms. The van der Waals surface area contributed by atoms with Crippen molar-refractivity contribution in [1.29, 1.82) is 0 Å². The third-order valence-electron chi connectivity index (χ3n) is 5.99. The molecule has 0 atom stereocenters. The van der Waals surface area contributed by atoms with Crippen molar-refractivity contribution in [3.63, 3.8) is 0 Å². The fourth-order valence-corrected chi connectivity index (χ4v) is 4.63. The Morgan fingerprint density at radius 1 is 0.778 bits per heavy atom. The van der Waals surface area contributed by atoms with Crippen molar-refractivity contribution in [3.8, 4) is 0 Å². The molecule has 2 radical (unpaired) electrons.